The molecule has 2 aromatic carbocycles. The van der Waals surface area contributed by atoms with Gasteiger partial charge in [-0.2, -0.15) is 9.78 Å². The fraction of sp³-hybridized carbons (Fsp3) is 0.207. The second kappa shape index (κ2) is 10.7. The molecule has 14 heteroatoms. The molecule has 0 aliphatic rings. The molecule has 3 aromatic heterocycles. The van der Waals surface area contributed by atoms with Gasteiger partial charge in [-0.3, -0.25) is 9.59 Å². The average Bonchev–Trinajstić information content (AvgIpc) is 3.36. The molecular weight excluding hydrogens is 577 g/mol. The number of benzene rings is 2. The number of carbonyl (C=O) groups excluding carboxylic acids is 1. The number of halogens is 1. The maximum atomic E-state index is 15.3. The number of anilines is 2. The summed E-state index contributed by atoms with van der Waals surface area (Å²) in [4.78, 5) is 29.8. The third-order valence-electron chi connectivity index (χ3n) is 6.86. The Hall–Kier alpha value is -4.95. The summed E-state index contributed by atoms with van der Waals surface area (Å²) in [6.45, 7) is 5.25. The maximum Gasteiger partial charge on any atom is 0.282 e. The molecule has 3 heterocycles. The highest BCUT2D eigenvalue weighted by molar-refractivity contribution is 7.90. The van der Waals surface area contributed by atoms with Crippen LogP contribution in [0.2, 0.25) is 0 Å². The molecule has 0 aliphatic carbocycles. The van der Waals surface area contributed by atoms with E-state index in [0.29, 0.717) is 10.9 Å². The van der Waals surface area contributed by atoms with E-state index in [4.69, 9.17) is 5.73 Å². The monoisotopic (exact) mass is 605 g/mol. The number of aromatic nitrogens is 5. The first-order valence-electron chi connectivity index (χ1n) is 13.0. The van der Waals surface area contributed by atoms with E-state index in [-0.39, 0.29) is 49.8 Å². The van der Waals surface area contributed by atoms with Crippen LogP contribution in [0.25, 0.3) is 22.1 Å². The Balaban J connectivity index is 1.60. The normalized spacial score (nSPS) is 12.0. The van der Waals surface area contributed by atoms with Crippen LogP contribution in [0.3, 0.4) is 0 Å². The van der Waals surface area contributed by atoms with E-state index in [2.05, 4.69) is 20.5 Å². The molecule has 222 valence electrons. The van der Waals surface area contributed by atoms with Crippen LogP contribution in [0.1, 0.15) is 42.3 Å². The van der Waals surface area contributed by atoms with Crippen molar-refractivity contribution in [3.63, 3.8) is 0 Å². The predicted molar refractivity (Wildman–Crippen MR) is 158 cm³/mol. The molecule has 0 atom stereocenters. The third kappa shape index (κ3) is 5.61. The summed E-state index contributed by atoms with van der Waals surface area (Å²) in [5.41, 5.74) is 5.88. The summed E-state index contributed by atoms with van der Waals surface area (Å²) < 4.78 is 41.0. The molecule has 0 saturated heterocycles. The smallest absolute Gasteiger partial charge is 0.282 e. The van der Waals surface area contributed by atoms with Gasteiger partial charge >= 0.3 is 0 Å². The second-order valence-electron chi connectivity index (χ2n) is 10.9. The lowest BCUT2D eigenvalue weighted by Gasteiger charge is -2.20. The van der Waals surface area contributed by atoms with Gasteiger partial charge in [0.1, 0.15) is 17.2 Å². The summed E-state index contributed by atoms with van der Waals surface area (Å²) in [6.07, 6.45) is 4.94. The topological polar surface area (TPSA) is 175 Å². The van der Waals surface area contributed by atoms with E-state index in [9.17, 15) is 23.1 Å². The molecule has 0 saturated carbocycles. The van der Waals surface area contributed by atoms with Gasteiger partial charge in [0, 0.05) is 29.6 Å². The van der Waals surface area contributed by atoms with Gasteiger partial charge in [0.15, 0.2) is 15.7 Å². The summed E-state index contributed by atoms with van der Waals surface area (Å²) in [5, 5.41) is 22.1. The lowest BCUT2D eigenvalue weighted by Crippen LogP contribution is -2.24. The summed E-state index contributed by atoms with van der Waals surface area (Å²) >= 11 is 0. The Morgan fingerprint density at radius 3 is 2.44 bits per heavy atom. The number of rotatable bonds is 7. The van der Waals surface area contributed by atoms with Crippen LogP contribution in [-0.2, 0) is 21.9 Å². The average molecular weight is 606 g/mol. The Kier molecular flexibility index (Phi) is 7.36. The van der Waals surface area contributed by atoms with Crippen molar-refractivity contribution in [3.05, 3.63) is 93.9 Å². The van der Waals surface area contributed by atoms with Crippen LogP contribution >= 0.6 is 0 Å². The molecule has 5 aromatic rings. The van der Waals surface area contributed by atoms with Crippen LogP contribution in [0.15, 0.2) is 70.7 Å². The molecule has 4 N–H and O–H groups in total. The summed E-state index contributed by atoms with van der Waals surface area (Å²) in [6, 6.07) is 10.5. The van der Waals surface area contributed by atoms with Crippen LogP contribution in [0.5, 0.6) is 0 Å². The quantitative estimate of drug-likeness (QED) is 0.252. The minimum Gasteiger partial charge on any atom is -0.392 e. The lowest BCUT2D eigenvalue weighted by molar-refractivity contribution is 0.100. The number of hydrogen-bond donors (Lipinski definition) is 3. The largest absolute Gasteiger partial charge is 0.392 e. The van der Waals surface area contributed by atoms with Crippen LogP contribution in [-0.4, -0.2) is 50.2 Å². The number of sulfone groups is 1. The van der Waals surface area contributed by atoms with Crippen LogP contribution < -0.4 is 16.6 Å². The number of hydrogen-bond acceptors (Lipinski definition) is 9. The number of nitrogens with two attached hydrogens (primary N) is 1. The zero-order valence-corrected chi connectivity index (χ0v) is 24.5. The molecule has 0 spiro atoms. The molecule has 12 nitrogen and oxygen atoms in total. The number of nitrogens with one attached hydrogen (secondary N) is 1. The molecular formula is C29H28FN7O5S. The standard InChI is InChI=1S/C29H28FN7O5S/c1-29(2,3)17-10-16-12-33-37(28(40)25(16)21(30)11-17)23-7-5-6-22(20(23)15-38)36-14-19(26(31)39)27(35-36)34-24-9-8-18(13-32-24)43(4,41)42/h5-14,38H,15H2,1-4H3,(H2,31,39)(H,32,34,35). The van der Waals surface area contributed by atoms with Gasteiger partial charge in [0.2, 0.25) is 0 Å². The van der Waals surface area contributed by atoms with E-state index < -0.39 is 33.7 Å². The van der Waals surface area contributed by atoms with Crippen molar-refractivity contribution >= 4 is 38.2 Å². The van der Waals surface area contributed by atoms with Gasteiger partial charge in [-0.15, -0.1) is 5.10 Å². The van der Waals surface area contributed by atoms with Crippen molar-refractivity contribution in [1.82, 2.24) is 24.5 Å². The van der Waals surface area contributed by atoms with Gasteiger partial charge in [-0.25, -0.2) is 22.5 Å². The zero-order valence-electron chi connectivity index (χ0n) is 23.7. The van der Waals surface area contributed by atoms with Crippen molar-refractivity contribution in [3.8, 4) is 11.4 Å². The molecule has 43 heavy (non-hydrogen) atoms. The number of amides is 1. The molecule has 0 radical (unpaired) electrons. The number of nitrogens with zero attached hydrogens (tertiary/aromatic N) is 5. The predicted octanol–water partition coefficient (Wildman–Crippen LogP) is 3.14. The summed E-state index contributed by atoms with van der Waals surface area (Å²) in [5.74, 6) is -1.29. The fourth-order valence-corrected chi connectivity index (χ4v) is 5.10. The molecule has 1 amide bonds. The highest BCUT2D eigenvalue weighted by Gasteiger charge is 2.22. The number of aliphatic hydroxyl groups excluding tert-OH is 1. The van der Waals surface area contributed by atoms with E-state index in [1.165, 1.54) is 35.3 Å². The van der Waals surface area contributed by atoms with Crippen molar-refractivity contribution in [2.24, 2.45) is 5.73 Å². The van der Waals surface area contributed by atoms with E-state index >= 15 is 4.39 Å². The van der Waals surface area contributed by atoms with Crippen molar-refractivity contribution in [2.75, 3.05) is 11.6 Å². The molecule has 0 aliphatic heterocycles. The minimum atomic E-state index is -3.46. The first kappa shape index (κ1) is 29.5. The fourth-order valence-electron chi connectivity index (χ4n) is 4.54. The first-order valence-corrected chi connectivity index (χ1v) is 14.9. The van der Waals surface area contributed by atoms with Gasteiger partial charge < -0.3 is 16.2 Å². The van der Waals surface area contributed by atoms with Gasteiger partial charge in [0.05, 0.1) is 34.5 Å². The number of aliphatic hydroxyl groups is 1. The van der Waals surface area contributed by atoms with Gasteiger partial charge in [-0.05, 0) is 47.4 Å². The Morgan fingerprint density at radius 1 is 1.12 bits per heavy atom. The van der Waals surface area contributed by atoms with Gasteiger partial charge in [0.25, 0.3) is 11.5 Å². The van der Waals surface area contributed by atoms with E-state index in [0.717, 1.165) is 17.1 Å². The zero-order chi connectivity index (χ0) is 31.3. The number of pyridine rings is 1. The van der Waals surface area contributed by atoms with Crippen LogP contribution in [0.4, 0.5) is 16.0 Å². The van der Waals surface area contributed by atoms with E-state index in [1.807, 2.05) is 20.8 Å². The van der Waals surface area contributed by atoms with Crippen molar-refractivity contribution in [2.45, 2.75) is 37.7 Å². The Labute approximate surface area is 245 Å². The second-order valence-corrected chi connectivity index (χ2v) is 13.0. The third-order valence-corrected chi connectivity index (χ3v) is 7.95. The Morgan fingerprint density at radius 2 is 1.84 bits per heavy atom. The van der Waals surface area contributed by atoms with Crippen molar-refractivity contribution < 1.29 is 22.7 Å². The lowest BCUT2D eigenvalue weighted by atomic mass is 9.86. The highest BCUT2D eigenvalue weighted by Crippen LogP contribution is 2.28. The van der Waals surface area contributed by atoms with Crippen LogP contribution in [0, 0.1) is 5.82 Å². The number of carbonyl (C=O) groups is 1. The molecule has 0 fully saturated rings. The first-order chi connectivity index (χ1) is 20.2. The maximum absolute atomic E-state index is 15.3. The number of fused-ring (bicyclic) bond motifs is 1. The minimum absolute atomic E-state index is 0.00942. The molecule has 0 unspecified atom stereocenters. The highest BCUT2D eigenvalue weighted by atomic mass is 32.2. The van der Waals surface area contributed by atoms with Gasteiger partial charge in [-0.1, -0.05) is 26.8 Å². The number of primary amides is 1. The van der Waals surface area contributed by atoms with E-state index in [1.54, 1.807) is 24.3 Å². The summed E-state index contributed by atoms with van der Waals surface area (Å²) in [7, 11) is -3.46. The SMILES string of the molecule is CC(C)(C)c1cc(F)c2c(=O)n(-c3cccc(-n4cc(C(N)=O)c(Nc5ccc(S(C)(=O)=O)cn5)n4)c3CO)ncc2c1. The Bertz CT molecular complexity index is 2060. The van der Waals surface area contributed by atoms with Crippen molar-refractivity contribution in [1.29, 1.82) is 0 Å². The molecule has 5 rings (SSSR count). The molecule has 0 bridgehead atoms.